The highest BCUT2D eigenvalue weighted by molar-refractivity contribution is 5.97. The molecule has 1 unspecified atom stereocenters. The van der Waals surface area contributed by atoms with Gasteiger partial charge in [0.15, 0.2) is 0 Å². The maximum atomic E-state index is 13.6. The van der Waals surface area contributed by atoms with E-state index < -0.39 is 6.04 Å². The molecule has 0 radical (unpaired) electrons. The van der Waals surface area contributed by atoms with E-state index in [4.69, 9.17) is 4.74 Å². The van der Waals surface area contributed by atoms with Crippen LogP contribution in [0, 0.1) is 0 Å². The van der Waals surface area contributed by atoms with Gasteiger partial charge in [0.25, 0.3) is 0 Å². The first-order valence-corrected chi connectivity index (χ1v) is 11.5. The number of hydrogen-bond donors (Lipinski definition) is 1. The van der Waals surface area contributed by atoms with Gasteiger partial charge in [0.1, 0.15) is 17.8 Å². The second kappa shape index (κ2) is 8.34. The van der Waals surface area contributed by atoms with Gasteiger partial charge in [-0.15, -0.1) is 0 Å². The van der Waals surface area contributed by atoms with Gasteiger partial charge in [0, 0.05) is 35.1 Å². The lowest BCUT2D eigenvalue weighted by Crippen LogP contribution is -2.63. The Morgan fingerprint density at radius 1 is 1.06 bits per heavy atom. The molecular weight excluding hydrogens is 402 g/mol. The average molecular weight is 432 g/mol. The number of aromatic nitrogens is 1. The highest BCUT2D eigenvalue weighted by Crippen LogP contribution is 2.44. The van der Waals surface area contributed by atoms with E-state index in [2.05, 4.69) is 18.0 Å². The van der Waals surface area contributed by atoms with Gasteiger partial charge in [-0.1, -0.05) is 56.2 Å². The summed E-state index contributed by atoms with van der Waals surface area (Å²) in [4.78, 5) is 34.2. The Labute approximate surface area is 188 Å². The van der Waals surface area contributed by atoms with E-state index in [1.54, 1.807) is 16.9 Å². The van der Waals surface area contributed by atoms with E-state index >= 15 is 0 Å². The van der Waals surface area contributed by atoms with Crippen molar-refractivity contribution in [2.24, 2.45) is 0 Å². The molecule has 2 aromatic carbocycles. The number of rotatable bonds is 6. The Morgan fingerprint density at radius 3 is 2.66 bits per heavy atom. The van der Waals surface area contributed by atoms with Gasteiger partial charge in [0.2, 0.25) is 11.8 Å². The number of piperazine rings is 1. The largest absolute Gasteiger partial charge is 0.496 e. The van der Waals surface area contributed by atoms with Gasteiger partial charge in [-0.2, -0.15) is 0 Å². The highest BCUT2D eigenvalue weighted by Gasteiger charge is 2.48. The van der Waals surface area contributed by atoms with E-state index in [1.807, 2.05) is 42.5 Å². The summed E-state index contributed by atoms with van der Waals surface area (Å²) in [6.07, 6.45) is 3.60. The SMILES string of the molecule is CCCCCN1CC(=O)N2C(c3ccccc3OC)c3[nH]c4ccccc4c3C[C@H]2C1=O. The van der Waals surface area contributed by atoms with Gasteiger partial charge in [-0.25, -0.2) is 0 Å². The standard InChI is InChI=1S/C26H29N3O3/c1-3-4-9-14-28-16-23(30)29-21(26(28)31)15-19-17-10-5-7-12-20(17)27-24(19)25(29)18-11-6-8-13-22(18)32-2/h5-8,10-13,21,25,27H,3-4,9,14-16H2,1-2H3/t21-,25?/m0/s1. The fraction of sp³-hybridized carbons (Fsp3) is 0.385. The second-order valence-corrected chi connectivity index (χ2v) is 8.70. The number of nitrogens with zero attached hydrogens (tertiary/aromatic N) is 2. The summed E-state index contributed by atoms with van der Waals surface area (Å²) >= 11 is 0. The Morgan fingerprint density at radius 2 is 1.84 bits per heavy atom. The number of nitrogens with one attached hydrogen (secondary N) is 1. The molecule has 2 amide bonds. The third-order valence-corrected chi connectivity index (χ3v) is 6.81. The number of unbranched alkanes of at least 4 members (excludes halogenated alkanes) is 2. The van der Waals surface area contributed by atoms with Gasteiger partial charge in [-0.3, -0.25) is 9.59 Å². The minimum atomic E-state index is -0.500. The molecule has 3 heterocycles. The smallest absolute Gasteiger partial charge is 0.246 e. The molecule has 0 saturated carbocycles. The molecule has 0 bridgehead atoms. The molecule has 2 atom stereocenters. The summed E-state index contributed by atoms with van der Waals surface area (Å²) in [7, 11) is 1.64. The van der Waals surface area contributed by atoms with Crippen LogP contribution in [0.1, 0.15) is 49.0 Å². The molecule has 2 aliphatic rings. The number of fused-ring (bicyclic) bond motifs is 4. The number of aromatic amines is 1. The zero-order chi connectivity index (χ0) is 22.2. The monoisotopic (exact) mass is 431 g/mol. The predicted molar refractivity (Wildman–Crippen MR) is 124 cm³/mol. The maximum Gasteiger partial charge on any atom is 0.246 e. The number of carbonyl (C=O) groups excluding carboxylic acids is 2. The van der Waals surface area contributed by atoms with E-state index in [0.717, 1.165) is 47.0 Å². The number of H-pyrrole nitrogens is 1. The van der Waals surface area contributed by atoms with Crippen molar-refractivity contribution in [2.45, 2.75) is 44.7 Å². The predicted octanol–water partition coefficient (Wildman–Crippen LogP) is 4.05. The Balaban J connectivity index is 1.64. The van der Waals surface area contributed by atoms with Crippen LogP contribution in [0.4, 0.5) is 0 Å². The molecule has 166 valence electrons. The van der Waals surface area contributed by atoms with E-state index in [0.29, 0.717) is 18.7 Å². The molecule has 3 aromatic rings. The summed E-state index contributed by atoms with van der Waals surface area (Å²) < 4.78 is 5.67. The number of para-hydroxylation sites is 2. The summed E-state index contributed by atoms with van der Waals surface area (Å²) in [5.74, 6) is 0.760. The minimum absolute atomic E-state index is 0.00805. The van der Waals surface area contributed by atoms with Crippen LogP contribution in [0.5, 0.6) is 5.75 Å². The lowest BCUT2D eigenvalue weighted by atomic mass is 9.86. The first kappa shape index (κ1) is 20.6. The minimum Gasteiger partial charge on any atom is -0.496 e. The summed E-state index contributed by atoms with van der Waals surface area (Å²) in [6.45, 7) is 2.92. The third-order valence-electron chi connectivity index (χ3n) is 6.81. The Hall–Kier alpha value is -3.28. The molecule has 1 saturated heterocycles. The van der Waals surface area contributed by atoms with Crippen molar-refractivity contribution in [1.82, 2.24) is 14.8 Å². The maximum absolute atomic E-state index is 13.6. The lowest BCUT2D eigenvalue weighted by Gasteiger charge is -2.47. The van der Waals surface area contributed by atoms with Crippen molar-refractivity contribution >= 4 is 22.7 Å². The molecular formula is C26H29N3O3. The van der Waals surface area contributed by atoms with Crippen molar-refractivity contribution in [3.8, 4) is 5.75 Å². The molecule has 0 aliphatic carbocycles. The summed E-state index contributed by atoms with van der Waals surface area (Å²) in [6, 6.07) is 15.1. The van der Waals surface area contributed by atoms with E-state index in [-0.39, 0.29) is 24.4 Å². The zero-order valence-corrected chi connectivity index (χ0v) is 18.6. The normalized spacial score (nSPS) is 20.4. The highest BCUT2D eigenvalue weighted by atomic mass is 16.5. The van der Waals surface area contributed by atoms with E-state index in [9.17, 15) is 9.59 Å². The molecule has 1 aromatic heterocycles. The van der Waals surface area contributed by atoms with Crippen LogP contribution in [-0.2, 0) is 16.0 Å². The zero-order valence-electron chi connectivity index (χ0n) is 18.6. The van der Waals surface area contributed by atoms with Crippen LogP contribution in [0.2, 0.25) is 0 Å². The van der Waals surface area contributed by atoms with Crippen LogP contribution < -0.4 is 4.74 Å². The van der Waals surface area contributed by atoms with E-state index in [1.165, 1.54) is 0 Å². The van der Waals surface area contributed by atoms with Crippen molar-refractivity contribution < 1.29 is 14.3 Å². The van der Waals surface area contributed by atoms with Gasteiger partial charge < -0.3 is 19.5 Å². The molecule has 5 rings (SSSR count). The number of amides is 2. The molecule has 32 heavy (non-hydrogen) atoms. The van der Waals surface area contributed by atoms with Crippen LogP contribution in [0.15, 0.2) is 48.5 Å². The molecule has 1 N–H and O–H groups in total. The van der Waals surface area contributed by atoms with Crippen molar-refractivity contribution in [1.29, 1.82) is 0 Å². The topological polar surface area (TPSA) is 65.6 Å². The second-order valence-electron chi connectivity index (χ2n) is 8.70. The third kappa shape index (κ3) is 3.25. The van der Waals surface area contributed by atoms with Crippen LogP contribution in [0.3, 0.4) is 0 Å². The van der Waals surface area contributed by atoms with Crippen molar-refractivity contribution in [3.05, 3.63) is 65.4 Å². The molecule has 6 heteroatoms. The fourth-order valence-corrected chi connectivity index (χ4v) is 5.28. The number of carbonyl (C=O) groups is 2. The van der Waals surface area contributed by atoms with Crippen molar-refractivity contribution in [2.75, 3.05) is 20.2 Å². The quantitative estimate of drug-likeness (QED) is 0.599. The number of methoxy groups -OCH3 is 1. The lowest BCUT2D eigenvalue weighted by molar-refractivity contribution is -0.158. The van der Waals surface area contributed by atoms with Crippen LogP contribution in [-0.4, -0.2) is 52.8 Å². The number of hydrogen-bond acceptors (Lipinski definition) is 3. The first-order valence-electron chi connectivity index (χ1n) is 11.5. The molecule has 2 aliphatic heterocycles. The van der Waals surface area contributed by atoms with Crippen LogP contribution in [0.25, 0.3) is 10.9 Å². The summed E-state index contributed by atoms with van der Waals surface area (Å²) in [5.41, 5.74) is 4.02. The number of benzene rings is 2. The van der Waals surface area contributed by atoms with Gasteiger partial charge >= 0.3 is 0 Å². The first-order chi connectivity index (χ1) is 15.6. The molecule has 6 nitrogen and oxygen atoms in total. The Bertz CT molecular complexity index is 1170. The van der Waals surface area contributed by atoms with Gasteiger partial charge in [-0.05, 0) is 24.1 Å². The van der Waals surface area contributed by atoms with Gasteiger partial charge in [0.05, 0.1) is 13.7 Å². The average Bonchev–Trinajstić information content (AvgIpc) is 3.19. The molecule has 1 fully saturated rings. The molecule has 0 spiro atoms. The van der Waals surface area contributed by atoms with Crippen LogP contribution >= 0.6 is 0 Å². The number of ether oxygens (including phenoxy) is 1. The Kier molecular flexibility index (Phi) is 5.37. The van der Waals surface area contributed by atoms with Crippen molar-refractivity contribution in [3.63, 3.8) is 0 Å². The fourth-order valence-electron chi connectivity index (χ4n) is 5.28. The summed E-state index contributed by atoms with van der Waals surface area (Å²) in [5, 5.41) is 1.12.